The summed E-state index contributed by atoms with van der Waals surface area (Å²) in [4.78, 5) is 49.4. The Morgan fingerprint density at radius 3 is 2.44 bits per heavy atom. The van der Waals surface area contributed by atoms with Crippen LogP contribution in [0.3, 0.4) is 0 Å². The van der Waals surface area contributed by atoms with Gasteiger partial charge in [0.15, 0.2) is 5.78 Å². The van der Waals surface area contributed by atoms with Crippen molar-refractivity contribution in [3.05, 3.63) is 108 Å². The van der Waals surface area contributed by atoms with E-state index in [4.69, 9.17) is 16.3 Å². The number of hydrogen-bond acceptors (Lipinski definition) is 7. The van der Waals surface area contributed by atoms with Crippen molar-refractivity contribution in [3.8, 4) is 5.75 Å². The van der Waals surface area contributed by atoms with Crippen LogP contribution in [0.2, 0.25) is 5.02 Å². The summed E-state index contributed by atoms with van der Waals surface area (Å²) in [7, 11) is 0. The van der Waals surface area contributed by atoms with Gasteiger partial charge in [0.1, 0.15) is 12.4 Å². The molecule has 0 atom stereocenters. The van der Waals surface area contributed by atoms with Gasteiger partial charge >= 0.3 is 0 Å². The number of carbonyl (C=O) groups is 3. The van der Waals surface area contributed by atoms with Gasteiger partial charge in [-0.3, -0.25) is 29.4 Å². The predicted molar refractivity (Wildman–Crippen MR) is 140 cm³/mol. The highest BCUT2D eigenvalue weighted by atomic mass is 79.9. The number of hydrogen-bond donors (Lipinski definition) is 0. The Morgan fingerprint density at radius 1 is 1.08 bits per heavy atom. The first-order chi connectivity index (χ1) is 17.2. The number of benzene rings is 3. The van der Waals surface area contributed by atoms with E-state index >= 15 is 0 Å². The van der Waals surface area contributed by atoms with Crippen molar-refractivity contribution in [2.24, 2.45) is 0 Å². The predicted octanol–water partition coefficient (Wildman–Crippen LogP) is 6.51. The Morgan fingerprint density at radius 2 is 1.78 bits per heavy atom. The third-order valence-corrected chi connectivity index (χ3v) is 6.79. The van der Waals surface area contributed by atoms with Gasteiger partial charge in [-0.05, 0) is 78.0 Å². The van der Waals surface area contributed by atoms with Crippen LogP contribution in [0, 0.1) is 10.1 Å². The van der Waals surface area contributed by atoms with Crippen molar-refractivity contribution < 1.29 is 24.0 Å². The molecule has 4 rings (SSSR count). The van der Waals surface area contributed by atoms with Gasteiger partial charge in [0.25, 0.3) is 16.8 Å². The van der Waals surface area contributed by atoms with Crippen LogP contribution in [-0.2, 0) is 11.4 Å². The molecule has 0 N–H and O–H groups in total. The van der Waals surface area contributed by atoms with Gasteiger partial charge in [0.05, 0.1) is 16.4 Å². The highest BCUT2D eigenvalue weighted by Gasteiger charge is 2.36. The zero-order chi connectivity index (χ0) is 25.8. The van der Waals surface area contributed by atoms with Crippen LogP contribution < -0.4 is 4.74 Å². The number of non-ortho nitro benzene ring substituents is 1. The van der Waals surface area contributed by atoms with E-state index in [1.165, 1.54) is 30.3 Å². The fraction of sp³-hybridized carbons (Fsp3) is 0.0800. The molecule has 3 aromatic carbocycles. The smallest absolute Gasteiger partial charge is 0.293 e. The summed E-state index contributed by atoms with van der Waals surface area (Å²) in [6.07, 6.45) is 1.54. The lowest BCUT2D eigenvalue weighted by Gasteiger charge is -2.12. The molecule has 0 radical (unpaired) electrons. The first-order valence-corrected chi connectivity index (χ1v) is 12.4. The Labute approximate surface area is 223 Å². The molecule has 1 fully saturated rings. The molecule has 1 aliphatic heterocycles. The summed E-state index contributed by atoms with van der Waals surface area (Å²) >= 11 is 9.98. The van der Waals surface area contributed by atoms with Crippen molar-refractivity contribution in [1.82, 2.24) is 4.90 Å². The van der Waals surface area contributed by atoms with Crippen molar-refractivity contribution >= 4 is 68.0 Å². The standard InChI is InChI=1S/C25H16BrClN2O6S/c26-18-5-10-22(35-14-15-1-8-20(9-2-15)29(33)34)17(11-18)12-23-24(31)28(25(32)36-23)13-21(30)16-3-6-19(27)7-4-16/h1-12H,13-14H2/b23-12-. The molecule has 3 aromatic rings. The van der Waals surface area contributed by atoms with E-state index in [2.05, 4.69) is 15.9 Å². The van der Waals surface area contributed by atoms with Gasteiger partial charge in [0, 0.05) is 32.8 Å². The summed E-state index contributed by atoms with van der Waals surface area (Å²) < 4.78 is 6.62. The van der Waals surface area contributed by atoms with Crippen molar-refractivity contribution in [2.45, 2.75) is 6.61 Å². The summed E-state index contributed by atoms with van der Waals surface area (Å²) in [5, 5.41) is 10.8. The Kier molecular flexibility index (Phi) is 7.88. The molecule has 0 spiro atoms. The monoisotopic (exact) mass is 586 g/mol. The molecule has 1 heterocycles. The fourth-order valence-corrected chi connectivity index (χ4v) is 4.62. The summed E-state index contributed by atoms with van der Waals surface area (Å²) in [6.45, 7) is -0.247. The number of Topliss-reactive ketones (excluding diaryl/α,β-unsaturated/α-hetero) is 1. The molecule has 11 heteroatoms. The minimum atomic E-state index is -0.575. The van der Waals surface area contributed by atoms with Crippen LogP contribution in [-0.4, -0.2) is 33.3 Å². The fourth-order valence-electron chi connectivity index (χ4n) is 3.29. The van der Waals surface area contributed by atoms with Crippen molar-refractivity contribution in [1.29, 1.82) is 0 Å². The molecular weight excluding hydrogens is 572 g/mol. The van der Waals surface area contributed by atoms with E-state index in [9.17, 15) is 24.5 Å². The first kappa shape index (κ1) is 25.6. The van der Waals surface area contributed by atoms with Crippen molar-refractivity contribution in [3.63, 3.8) is 0 Å². The molecule has 0 bridgehead atoms. The first-order valence-electron chi connectivity index (χ1n) is 10.4. The zero-order valence-electron chi connectivity index (χ0n) is 18.4. The van der Waals surface area contributed by atoms with Gasteiger partial charge in [-0.15, -0.1) is 0 Å². The molecule has 0 aromatic heterocycles. The van der Waals surface area contributed by atoms with Gasteiger partial charge in [-0.25, -0.2) is 0 Å². The van der Waals surface area contributed by atoms with E-state index in [1.807, 2.05) is 0 Å². The largest absolute Gasteiger partial charge is 0.488 e. The normalized spacial score (nSPS) is 14.4. The number of thioether (sulfide) groups is 1. The lowest BCUT2D eigenvalue weighted by atomic mass is 10.1. The molecule has 0 unspecified atom stereocenters. The number of amides is 2. The van der Waals surface area contributed by atoms with E-state index in [1.54, 1.807) is 42.5 Å². The second-order valence-corrected chi connectivity index (χ2v) is 9.94. The van der Waals surface area contributed by atoms with Gasteiger partial charge in [0.2, 0.25) is 0 Å². The number of nitro groups is 1. The molecule has 8 nitrogen and oxygen atoms in total. The third kappa shape index (κ3) is 6.01. The number of carbonyl (C=O) groups excluding carboxylic acids is 3. The number of ether oxygens (including phenoxy) is 1. The SMILES string of the molecule is O=C(CN1C(=O)S/C(=C\c2cc(Br)ccc2OCc2ccc([N+](=O)[O-])cc2)C1=O)c1ccc(Cl)cc1. The average molecular weight is 588 g/mol. The minimum Gasteiger partial charge on any atom is -0.488 e. The van der Waals surface area contributed by atoms with E-state index in [0.717, 1.165) is 26.7 Å². The number of ketones is 1. The lowest BCUT2D eigenvalue weighted by Crippen LogP contribution is -2.33. The molecule has 0 saturated carbocycles. The Balaban J connectivity index is 1.50. The van der Waals surface area contributed by atoms with Crippen LogP contribution in [0.5, 0.6) is 5.75 Å². The second-order valence-electron chi connectivity index (χ2n) is 7.59. The number of rotatable bonds is 8. The van der Waals surface area contributed by atoms with Crippen molar-refractivity contribution in [2.75, 3.05) is 6.54 Å². The van der Waals surface area contributed by atoms with Crippen LogP contribution in [0.1, 0.15) is 21.5 Å². The maximum atomic E-state index is 12.9. The Hall–Kier alpha value is -3.47. The van der Waals surface area contributed by atoms with Gasteiger partial charge in [-0.1, -0.05) is 27.5 Å². The summed E-state index contributed by atoms with van der Waals surface area (Å²) in [5.74, 6) is -0.515. The van der Waals surface area contributed by atoms with Crippen LogP contribution >= 0.6 is 39.3 Å². The van der Waals surface area contributed by atoms with E-state index in [0.29, 0.717) is 21.9 Å². The quantitative estimate of drug-likeness (QED) is 0.128. The zero-order valence-corrected chi connectivity index (χ0v) is 21.5. The highest BCUT2D eigenvalue weighted by molar-refractivity contribution is 9.10. The molecule has 2 amide bonds. The number of imide groups is 1. The van der Waals surface area contributed by atoms with Gasteiger partial charge < -0.3 is 4.74 Å². The molecular formula is C25H16BrClN2O6S. The third-order valence-electron chi connectivity index (χ3n) is 5.14. The number of halogens is 2. The maximum Gasteiger partial charge on any atom is 0.293 e. The molecule has 0 aliphatic carbocycles. The maximum absolute atomic E-state index is 12.9. The van der Waals surface area contributed by atoms with Gasteiger partial charge in [-0.2, -0.15) is 0 Å². The lowest BCUT2D eigenvalue weighted by molar-refractivity contribution is -0.384. The second kappa shape index (κ2) is 11.1. The summed E-state index contributed by atoms with van der Waals surface area (Å²) in [5.41, 5.74) is 1.58. The van der Waals surface area contributed by atoms with Crippen LogP contribution in [0.4, 0.5) is 10.5 Å². The topological polar surface area (TPSA) is 107 Å². The molecule has 1 saturated heterocycles. The average Bonchev–Trinajstić information content (AvgIpc) is 3.11. The summed E-state index contributed by atoms with van der Waals surface area (Å²) in [6, 6.07) is 17.4. The molecule has 1 aliphatic rings. The van der Waals surface area contributed by atoms with E-state index < -0.39 is 16.1 Å². The highest BCUT2D eigenvalue weighted by Crippen LogP contribution is 2.35. The number of nitro benzene ring substituents is 1. The van der Waals surface area contributed by atoms with Crippen LogP contribution in [0.15, 0.2) is 76.1 Å². The Bertz CT molecular complexity index is 1390. The van der Waals surface area contributed by atoms with Crippen LogP contribution in [0.25, 0.3) is 6.08 Å². The molecule has 36 heavy (non-hydrogen) atoms. The van der Waals surface area contributed by atoms with E-state index in [-0.39, 0.29) is 29.5 Å². The number of nitrogens with zero attached hydrogens (tertiary/aromatic N) is 2. The minimum absolute atomic E-state index is 0.0200. The molecule has 182 valence electrons.